The number of carbonyl (C=O) groups excluding carboxylic acids is 1. The molecule has 2 heterocycles. The summed E-state index contributed by atoms with van der Waals surface area (Å²) in [5.74, 6) is -0.109. The Bertz CT molecular complexity index is 664. The van der Waals surface area contributed by atoms with Gasteiger partial charge in [0.25, 0.3) is 0 Å². The van der Waals surface area contributed by atoms with Gasteiger partial charge >= 0.3 is 0 Å². The number of hydrogen-bond donors (Lipinski definition) is 2. The molecule has 132 valence electrons. The topological polar surface area (TPSA) is 65.5 Å². The number of aryl methyl sites for hydroxylation is 1. The fraction of sp³-hybridized carbons (Fsp3) is 0.375. The van der Waals surface area contributed by atoms with E-state index in [-0.39, 0.29) is 30.7 Å². The van der Waals surface area contributed by atoms with Crippen LogP contribution in [-0.4, -0.2) is 33.7 Å². The maximum Gasteiger partial charge on any atom is 0.240 e. The van der Waals surface area contributed by atoms with Crippen molar-refractivity contribution in [3.05, 3.63) is 41.0 Å². The van der Waals surface area contributed by atoms with Crippen LogP contribution >= 0.6 is 36.2 Å². The lowest BCUT2D eigenvalue weighted by atomic mass is 10.1. The van der Waals surface area contributed by atoms with Gasteiger partial charge in [-0.1, -0.05) is 24.3 Å². The highest BCUT2D eigenvalue weighted by atomic mass is 35.5. The van der Waals surface area contributed by atoms with Crippen molar-refractivity contribution in [1.82, 2.24) is 15.4 Å². The summed E-state index contributed by atoms with van der Waals surface area (Å²) in [6, 6.07) is 7.73. The van der Waals surface area contributed by atoms with Gasteiger partial charge in [0.1, 0.15) is 6.04 Å². The monoisotopic (exact) mass is 389 g/mol. The van der Waals surface area contributed by atoms with Crippen LogP contribution in [0.3, 0.4) is 0 Å². The highest BCUT2D eigenvalue weighted by Gasteiger charge is 2.29. The Hall–Kier alpha value is -1.18. The zero-order valence-electron chi connectivity index (χ0n) is 13.3. The molecule has 0 saturated carbocycles. The molecule has 0 bridgehead atoms. The minimum atomic E-state index is -0.404. The number of nitrogens with one attached hydrogen (secondary N) is 1. The van der Waals surface area contributed by atoms with Gasteiger partial charge < -0.3 is 10.5 Å². The molecule has 1 aromatic heterocycles. The molecule has 2 aromatic rings. The average Bonchev–Trinajstić information content (AvgIpc) is 3.14. The van der Waals surface area contributed by atoms with E-state index in [1.54, 1.807) is 11.3 Å². The van der Waals surface area contributed by atoms with Crippen LogP contribution in [0.15, 0.2) is 29.8 Å². The normalized spacial score (nSPS) is 17.0. The second-order valence-corrected chi connectivity index (χ2v) is 6.36. The van der Waals surface area contributed by atoms with E-state index >= 15 is 0 Å². The molecule has 1 aliphatic heterocycles. The fourth-order valence-corrected chi connectivity index (χ4v) is 3.49. The quantitative estimate of drug-likeness (QED) is 0.840. The maximum absolute atomic E-state index is 12.0. The van der Waals surface area contributed by atoms with E-state index in [2.05, 4.69) is 22.4 Å². The standard InChI is InChI=1S/C16H19N3O2S.2ClH/c1-11-15(22-10-18-11)13-6-4-12(5-7-13)9-17-16(20)14-3-2-8-19(14)21;;/h4-7,10,14,21H,2-3,8-9H2,1H3,(H,17,20);2*1H. The largest absolute Gasteiger partial charge is 0.351 e. The first-order valence-electron chi connectivity index (χ1n) is 7.38. The van der Waals surface area contributed by atoms with E-state index in [0.29, 0.717) is 19.5 Å². The first-order valence-corrected chi connectivity index (χ1v) is 8.26. The second kappa shape index (κ2) is 9.34. The van der Waals surface area contributed by atoms with Gasteiger partial charge in [-0.15, -0.1) is 36.2 Å². The third kappa shape index (κ3) is 4.68. The van der Waals surface area contributed by atoms with Crippen molar-refractivity contribution in [2.45, 2.75) is 32.4 Å². The van der Waals surface area contributed by atoms with Gasteiger partial charge in [-0.3, -0.25) is 4.79 Å². The minimum absolute atomic E-state index is 0. The Morgan fingerprint density at radius 1 is 1.38 bits per heavy atom. The first-order chi connectivity index (χ1) is 10.6. The number of carbonyl (C=O) groups is 1. The van der Waals surface area contributed by atoms with E-state index in [4.69, 9.17) is 0 Å². The molecule has 1 aromatic carbocycles. The average molecular weight is 390 g/mol. The Morgan fingerprint density at radius 2 is 2.08 bits per heavy atom. The van der Waals surface area contributed by atoms with Crippen LogP contribution in [0.25, 0.3) is 10.4 Å². The molecule has 0 radical (unpaired) electrons. The zero-order chi connectivity index (χ0) is 15.5. The Labute approximate surface area is 157 Å². The summed E-state index contributed by atoms with van der Waals surface area (Å²) in [6.07, 6.45) is 1.57. The van der Waals surface area contributed by atoms with Crippen molar-refractivity contribution in [2.75, 3.05) is 6.54 Å². The van der Waals surface area contributed by atoms with Crippen LogP contribution in [0.1, 0.15) is 24.1 Å². The predicted octanol–water partition coefficient (Wildman–Crippen LogP) is 3.43. The molecular formula is C16H21Cl2N3O2S. The fourth-order valence-electron chi connectivity index (χ4n) is 2.68. The molecule has 1 atom stereocenters. The smallest absolute Gasteiger partial charge is 0.240 e. The predicted molar refractivity (Wildman–Crippen MR) is 100 cm³/mol. The van der Waals surface area contributed by atoms with Crippen LogP contribution in [0, 0.1) is 6.92 Å². The van der Waals surface area contributed by atoms with Crippen LogP contribution in [-0.2, 0) is 11.3 Å². The summed E-state index contributed by atoms with van der Waals surface area (Å²) < 4.78 is 0. The number of halogens is 2. The van der Waals surface area contributed by atoms with Crippen molar-refractivity contribution >= 4 is 42.1 Å². The molecule has 1 fully saturated rings. The molecule has 0 spiro atoms. The second-order valence-electron chi connectivity index (χ2n) is 5.50. The van der Waals surface area contributed by atoms with Crippen LogP contribution in [0.4, 0.5) is 0 Å². The lowest BCUT2D eigenvalue weighted by Gasteiger charge is -2.17. The Balaban J connectivity index is 0.00000144. The van der Waals surface area contributed by atoms with Gasteiger partial charge in [0.05, 0.1) is 16.1 Å². The van der Waals surface area contributed by atoms with Crippen molar-refractivity contribution in [1.29, 1.82) is 0 Å². The summed E-state index contributed by atoms with van der Waals surface area (Å²) in [5.41, 5.74) is 5.07. The van der Waals surface area contributed by atoms with Gasteiger partial charge in [0.2, 0.25) is 5.91 Å². The number of nitrogens with zero attached hydrogens (tertiary/aromatic N) is 2. The molecular weight excluding hydrogens is 369 g/mol. The van der Waals surface area contributed by atoms with E-state index in [1.807, 2.05) is 24.6 Å². The van der Waals surface area contributed by atoms with Gasteiger partial charge in [0, 0.05) is 13.1 Å². The Kier molecular flexibility index (Phi) is 8.12. The van der Waals surface area contributed by atoms with Crippen molar-refractivity contribution in [2.24, 2.45) is 0 Å². The number of thiazole rings is 1. The van der Waals surface area contributed by atoms with Gasteiger partial charge in [-0.05, 0) is 30.9 Å². The number of aromatic nitrogens is 1. The molecule has 1 saturated heterocycles. The number of amides is 1. The third-order valence-electron chi connectivity index (χ3n) is 3.96. The molecule has 8 heteroatoms. The lowest BCUT2D eigenvalue weighted by Crippen LogP contribution is -2.41. The van der Waals surface area contributed by atoms with Gasteiger partial charge in [-0.2, -0.15) is 5.06 Å². The minimum Gasteiger partial charge on any atom is -0.351 e. The van der Waals surface area contributed by atoms with Gasteiger partial charge in [0.15, 0.2) is 0 Å². The van der Waals surface area contributed by atoms with Crippen molar-refractivity contribution in [3.8, 4) is 10.4 Å². The third-order valence-corrected chi connectivity index (χ3v) is 4.93. The van der Waals surface area contributed by atoms with E-state index < -0.39 is 6.04 Å². The van der Waals surface area contributed by atoms with Crippen LogP contribution in [0.2, 0.25) is 0 Å². The SMILES string of the molecule is Cc1ncsc1-c1ccc(CNC(=O)C2CCCN2O)cc1.Cl.Cl. The number of hydroxylamine groups is 2. The van der Waals surface area contributed by atoms with E-state index in [0.717, 1.165) is 28.3 Å². The van der Waals surface area contributed by atoms with Crippen molar-refractivity contribution < 1.29 is 10.0 Å². The summed E-state index contributed by atoms with van der Waals surface area (Å²) in [4.78, 5) is 17.4. The number of hydrogen-bond acceptors (Lipinski definition) is 5. The molecule has 3 rings (SSSR count). The Morgan fingerprint density at radius 3 is 2.62 bits per heavy atom. The number of benzene rings is 1. The molecule has 24 heavy (non-hydrogen) atoms. The maximum atomic E-state index is 12.0. The molecule has 1 amide bonds. The molecule has 1 aliphatic rings. The molecule has 5 nitrogen and oxygen atoms in total. The van der Waals surface area contributed by atoms with E-state index in [9.17, 15) is 10.0 Å². The van der Waals surface area contributed by atoms with E-state index in [1.165, 1.54) is 4.88 Å². The highest BCUT2D eigenvalue weighted by molar-refractivity contribution is 7.13. The highest BCUT2D eigenvalue weighted by Crippen LogP contribution is 2.27. The first kappa shape index (κ1) is 20.9. The van der Waals surface area contributed by atoms with Gasteiger partial charge in [-0.25, -0.2) is 4.98 Å². The van der Waals surface area contributed by atoms with Crippen molar-refractivity contribution in [3.63, 3.8) is 0 Å². The summed E-state index contributed by atoms with van der Waals surface area (Å²) >= 11 is 1.63. The van der Waals surface area contributed by atoms with Crippen LogP contribution in [0.5, 0.6) is 0 Å². The molecule has 1 unspecified atom stereocenters. The zero-order valence-corrected chi connectivity index (χ0v) is 15.7. The summed E-state index contributed by atoms with van der Waals surface area (Å²) in [6.45, 7) is 3.05. The molecule has 0 aliphatic carbocycles. The lowest BCUT2D eigenvalue weighted by molar-refractivity contribution is -0.145. The summed E-state index contributed by atoms with van der Waals surface area (Å²) in [7, 11) is 0. The molecule has 2 N–H and O–H groups in total. The van der Waals surface area contributed by atoms with Crippen LogP contribution < -0.4 is 5.32 Å². The number of rotatable bonds is 4. The summed E-state index contributed by atoms with van der Waals surface area (Å²) in [5, 5.41) is 13.6.